The lowest BCUT2D eigenvalue weighted by Crippen LogP contribution is -2.52. The number of carbonyl (C=O) groups excluding carboxylic acids is 2. The smallest absolute Gasteiger partial charge is 0.322 e. The Morgan fingerprint density at radius 2 is 1.92 bits per heavy atom. The molecule has 0 saturated heterocycles. The van der Waals surface area contributed by atoms with Crippen molar-refractivity contribution in [3.63, 3.8) is 0 Å². The summed E-state index contributed by atoms with van der Waals surface area (Å²) in [5.74, 6) is -3.86. The Morgan fingerprint density at radius 3 is 2.46 bits per heavy atom. The topological polar surface area (TPSA) is 188 Å². The van der Waals surface area contributed by atoms with Crippen LogP contribution in [-0.2, 0) is 25.6 Å². The number of nitrogens with one attached hydrogen (secondary N) is 3. The molecule has 0 aliphatic heterocycles. The van der Waals surface area contributed by atoms with E-state index in [9.17, 15) is 19.2 Å². The van der Waals surface area contributed by atoms with E-state index in [0.717, 1.165) is 0 Å². The quantitative estimate of drug-likeness (QED) is 0.277. The third-order valence-electron chi connectivity index (χ3n) is 3.03. The molecule has 11 heteroatoms. The number of amides is 2. The molecule has 2 atom stereocenters. The molecule has 2 unspecified atom stereocenters. The average molecular weight is 341 g/mol. The second-order valence-corrected chi connectivity index (χ2v) is 4.99. The molecule has 0 saturated carbocycles. The second-order valence-electron chi connectivity index (χ2n) is 4.99. The predicted molar refractivity (Wildman–Crippen MR) is 79.7 cm³/mol. The molecule has 0 spiro atoms. The maximum atomic E-state index is 12.1. The number of carboxylic acids is 2. The van der Waals surface area contributed by atoms with Gasteiger partial charge in [-0.25, -0.2) is 4.98 Å². The molecule has 1 rings (SSSR count). The summed E-state index contributed by atoms with van der Waals surface area (Å²) < 4.78 is 0. The molecular formula is C13H19N5O6. The fraction of sp³-hybridized carbons (Fsp3) is 0.462. The molecule has 7 N–H and O–H groups in total. The number of carbonyl (C=O) groups is 4. The number of nitrogens with zero attached hydrogens (tertiary/aromatic N) is 1. The molecule has 0 aliphatic carbocycles. The summed E-state index contributed by atoms with van der Waals surface area (Å²) in [7, 11) is 0. The normalized spacial score (nSPS) is 12.9. The SMILES string of the molecule is NC(Cc1cnc[nH]1)C(=O)NC(CCC(=O)O)C(=O)NCC(=O)O. The average Bonchev–Trinajstić information content (AvgIpc) is 3.01. The Balaban J connectivity index is 2.63. The van der Waals surface area contributed by atoms with Crippen LogP contribution in [0.5, 0.6) is 0 Å². The molecule has 0 aliphatic rings. The van der Waals surface area contributed by atoms with Crippen molar-refractivity contribution in [3.8, 4) is 0 Å². The fourth-order valence-electron chi connectivity index (χ4n) is 1.83. The first kappa shape index (κ1) is 19.1. The van der Waals surface area contributed by atoms with Gasteiger partial charge in [0.05, 0.1) is 12.4 Å². The summed E-state index contributed by atoms with van der Waals surface area (Å²) in [5, 5.41) is 21.7. The first-order valence-electron chi connectivity index (χ1n) is 7.04. The van der Waals surface area contributed by atoms with E-state index in [1.807, 2.05) is 0 Å². The highest BCUT2D eigenvalue weighted by molar-refractivity contribution is 5.91. The van der Waals surface area contributed by atoms with Gasteiger partial charge in [0, 0.05) is 24.7 Å². The maximum Gasteiger partial charge on any atom is 0.322 e. The Bertz CT molecular complexity index is 588. The highest BCUT2D eigenvalue weighted by Crippen LogP contribution is 2.01. The summed E-state index contributed by atoms with van der Waals surface area (Å²) >= 11 is 0. The number of carboxylic acid groups (broad SMARTS) is 2. The third-order valence-corrected chi connectivity index (χ3v) is 3.03. The van der Waals surface area contributed by atoms with Gasteiger partial charge in [0.1, 0.15) is 12.6 Å². The van der Waals surface area contributed by atoms with Crippen LogP contribution in [0.4, 0.5) is 0 Å². The lowest BCUT2D eigenvalue weighted by Gasteiger charge is -2.19. The fourth-order valence-corrected chi connectivity index (χ4v) is 1.83. The van der Waals surface area contributed by atoms with Crippen LogP contribution >= 0.6 is 0 Å². The highest BCUT2D eigenvalue weighted by Gasteiger charge is 2.25. The third kappa shape index (κ3) is 6.87. The van der Waals surface area contributed by atoms with Crippen molar-refractivity contribution in [1.29, 1.82) is 0 Å². The van der Waals surface area contributed by atoms with Crippen molar-refractivity contribution < 1.29 is 29.4 Å². The number of H-pyrrole nitrogens is 1. The first-order valence-corrected chi connectivity index (χ1v) is 7.04. The number of hydrogen-bond acceptors (Lipinski definition) is 6. The summed E-state index contributed by atoms with van der Waals surface area (Å²) in [4.78, 5) is 51.6. The predicted octanol–water partition coefficient (Wildman–Crippen LogP) is -2.17. The minimum absolute atomic E-state index is 0.147. The molecule has 11 nitrogen and oxygen atoms in total. The Labute approximate surface area is 136 Å². The van der Waals surface area contributed by atoms with Crippen molar-refractivity contribution in [1.82, 2.24) is 20.6 Å². The largest absolute Gasteiger partial charge is 0.481 e. The van der Waals surface area contributed by atoms with E-state index in [4.69, 9.17) is 15.9 Å². The van der Waals surface area contributed by atoms with Crippen molar-refractivity contribution in [2.45, 2.75) is 31.3 Å². The minimum atomic E-state index is -1.26. The number of aliphatic carboxylic acids is 2. The van der Waals surface area contributed by atoms with Gasteiger partial charge in [-0.2, -0.15) is 0 Å². The van der Waals surface area contributed by atoms with Gasteiger partial charge >= 0.3 is 11.9 Å². The minimum Gasteiger partial charge on any atom is -0.481 e. The van der Waals surface area contributed by atoms with Gasteiger partial charge < -0.3 is 31.6 Å². The van der Waals surface area contributed by atoms with Gasteiger partial charge in [-0.1, -0.05) is 0 Å². The van der Waals surface area contributed by atoms with E-state index in [1.165, 1.54) is 12.5 Å². The number of nitrogens with two attached hydrogens (primary N) is 1. The van der Waals surface area contributed by atoms with Gasteiger partial charge in [0.15, 0.2) is 0 Å². The van der Waals surface area contributed by atoms with Gasteiger partial charge in [0.2, 0.25) is 11.8 Å². The van der Waals surface area contributed by atoms with E-state index in [1.54, 1.807) is 0 Å². The van der Waals surface area contributed by atoms with Crippen LogP contribution < -0.4 is 16.4 Å². The summed E-state index contributed by atoms with van der Waals surface area (Å²) in [6.07, 6.45) is 2.50. The van der Waals surface area contributed by atoms with Crippen LogP contribution in [0.1, 0.15) is 18.5 Å². The molecule has 0 fully saturated rings. The molecule has 1 heterocycles. The summed E-state index contributed by atoms with van der Waals surface area (Å²) in [6, 6.07) is -2.18. The van der Waals surface area contributed by atoms with Crippen LogP contribution in [0.3, 0.4) is 0 Å². The van der Waals surface area contributed by atoms with Crippen molar-refractivity contribution in [3.05, 3.63) is 18.2 Å². The lowest BCUT2D eigenvalue weighted by atomic mass is 10.1. The molecular weight excluding hydrogens is 322 g/mol. The molecule has 1 aromatic heterocycles. The van der Waals surface area contributed by atoms with Gasteiger partial charge in [-0.15, -0.1) is 0 Å². The number of aromatic amines is 1. The maximum absolute atomic E-state index is 12.1. The molecule has 0 radical (unpaired) electrons. The van der Waals surface area contributed by atoms with Crippen LogP contribution in [0.25, 0.3) is 0 Å². The number of imidazole rings is 1. The van der Waals surface area contributed by atoms with Crippen LogP contribution in [0.15, 0.2) is 12.5 Å². The van der Waals surface area contributed by atoms with Crippen LogP contribution in [0, 0.1) is 0 Å². The highest BCUT2D eigenvalue weighted by atomic mass is 16.4. The van der Waals surface area contributed by atoms with Crippen molar-refractivity contribution in [2.24, 2.45) is 5.73 Å². The van der Waals surface area contributed by atoms with E-state index in [2.05, 4.69) is 20.6 Å². The molecule has 2 amide bonds. The van der Waals surface area contributed by atoms with Crippen molar-refractivity contribution in [2.75, 3.05) is 6.54 Å². The Morgan fingerprint density at radius 1 is 1.21 bits per heavy atom. The van der Waals surface area contributed by atoms with E-state index < -0.39 is 42.4 Å². The molecule has 0 aromatic carbocycles. The zero-order valence-corrected chi connectivity index (χ0v) is 12.7. The van der Waals surface area contributed by atoms with E-state index >= 15 is 0 Å². The monoisotopic (exact) mass is 341 g/mol. The van der Waals surface area contributed by atoms with Gasteiger partial charge in [0.25, 0.3) is 0 Å². The second kappa shape index (κ2) is 9.25. The molecule has 1 aromatic rings. The molecule has 24 heavy (non-hydrogen) atoms. The van der Waals surface area contributed by atoms with E-state index in [-0.39, 0.29) is 19.3 Å². The molecule has 132 valence electrons. The van der Waals surface area contributed by atoms with Crippen molar-refractivity contribution >= 4 is 23.8 Å². The Hall–Kier alpha value is -2.95. The Kier molecular flexibility index (Phi) is 7.36. The van der Waals surface area contributed by atoms with Crippen LogP contribution in [-0.4, -0.2) is 62.6 Å². The van der Waals surface area contributed by atoms with Gasteiger partial charge in [-0.3, -0.25) is 19.2 Å². The number of hydrogen-bond donors (Lipinski definition) is 6. The number of rotatable bonds is 10. The first-order chi connectivity index (χ1) is 11.3. The lowest BCUT2D eigenvalue weighted by molar-refractivity contribution is -0.140. The summed E-state index contributed by atoms with van der Waals surface area (Å²) in [5.41, 5.74) is 6.35. The van der Waals surface area contributed by atoms with Gasteiger partial charge in [-0.05, 0) is 6.42 Å². The van der Waals surface area contributed by atoms with Crippen LogP contribution in [0.2, 0.25) is 0 Å². The standard InChI is InChI=1S/C13H19N5O6/c14-8(3-7-4-15-6-17-7)12(23)18-9(1-2-10(19)20)13(24)16-5-11(21)22/h4,6,8-9H,1-3,5,14H2,(H,15,17)(H,16,24)(H,18,23)(H,19,20)(H,21,22). The summed E-state index contributed by atoms with van der Waals surface area (Å²) in [6.45, 7) is -0.640. The molecule has 0 bridgehead atoms. The number of aromatic nitrogens is 2. The van der Waals surface area contributed by atoms with E-state index in [0.29, 0.717) is 5.69 Å². The zero-order chi connectivity index (χ0) is 18.1. The zero-order valence-electron chi connectivity index (χ0n) is 12.7.